The van der Waals surface area contributed by atoms with Gasteiger partial charge in [-0.3, -0.25) is 4.79 Å². The smallest absolute Gasteiger partial charge is 0.267 e. The minimum Gasteiger partial charge on any atom is -0.397 e. The van der Waals surface area contributed by atoms with Crippen molar-refractivity contribution in [1.82, 2.24) is 10.3 Å². The molecule has 1 aliphatic rings. The first kappa shape index (κ1) is 11.0. The topological polar surface area (TPSA) is 70.9 Å². The van der Waals surface area contributed by atoms with Gasteiger partial charge < -0.3 is 16.0 Å². The molecule has 1 fully saturated rings. The Morgan fingerprint density at radius 2 is 2.38 bits per heavy atom. The third-order valence-electron chi connectivity index (χ3n) is 3.25. The normalized spacial score (nSPS) is 23.2. The summed E-state index contributed by atoms with van der Waals surface area (Å²) in [5.74, 6) is -0.0561. The van der Waals surface area contributed by atoms with Crippen molar-refractivity contribution in [2.45, 2.75) is 39.2 Å². The summed E-state index contributed by atoms with van der Waals surface area (Å²) < 4.78 is 0. The Labute approximate surface area is 95.6 Å². The largest absolute Gasteiger partial charge is 0.397 e. The van der Waals surface area contributed by atoms with E-state index >= 15 is 0 Å². The Morgan fingerprint density at radius 3 is 2.88 bits per heavy atom. The average molecular weight is 221 g/mol. The van der Waals surface area contributed by atoms with Crippen LogP contribution in [0, 0.1) is 5.41 Å². The number of amides is 1. The van der Waals surface area contributed by atoms with E-state index in [1.165, 1.54) is 6.42 Å². The molecule has 1 unspecified atom stereocenters. The van der Waals surface area contributed by atoms with Crippen molar-refractivity contribution in [2.75, 3.05) is 5.73 Å². The Hall–Kier alpha value is -1.45. The molecule has 0 spiro atoms. The summed E-state index contributed by atoms with van der Waals surface area (Å²) in [6.07, 6.45) is 4.92. The van der Waals surface area contributed by atoms with Crippen LogP contribution in [0.25, 0.3) is 0 Å². The van der Waals surface area contributed by atoms with Crippen LogP contribution in [0.2, 0.25) is 0 Å². The number of H-pyrrole nitrogens is 1. The fraction of sp³-hybridized carbons (Fsp3) is 0.583. The summed E-state index contributed by atoms with van der Waals surface area (Å²) >= 11 is 0. The van der Waals surface area contributed by atoms with Crippen LogP contribution in [0.15, 0.2) is 12.3 Å². The van der Waals surface area contributed by atoms with Gasteiger partial charge in [0.15, 0.2) is 0 Å². The molecule has 88 valence electrons. The maximum atomic E-state index is 11.8. The second kappa shape index (κ2) is 3.85. The molecule has 0 bridgehead atoms. The monoisotopic (exact) mass is 221 g/mol. The van der Waals surface area contributed by atoms with Gasteiger partial charge in [0.1, 0.15) is 5.69 Å². The van der Waals surface area contributed by atoms with Crippen LogP contribution in [-0.2, 0) is 0 Å². The average Bonchev–Trinajstić information content (AvgIpc) is 2.73. The number of nitrogens with two attached hydrogens (primary N) is 1. The van der Waals surface area contributed by atoms with Gasteiger partial charge in [-0.2, -0.15) is 0 Å². The van der Waals surface area contributed by atoms with Crippen molar-refractivity contribution in [2.24, 2.45) is 5.41 Å². The van der Waals surface area contributed by atoms with Crippen molar-refractivity contribution < 1.29 is 4.79 Å². The number of nitrogen functional groups attached to an aromatic ring is 1. The number of nitrogens with one attached hydrogen (secondary N) is 2. The first-order valence-corrected chi connectivity index (χ1v) is 5.71. The van der Waals surface area contributed by atoms with Gasteiger partial charge in [0.05, 0.1) is 0 Å². The molecular formula is C12H19N3O. The Kier molecular flexibility index (Phi) is 2.66. The Balaban J connectivity index is 1.94. The molecule has 16 heavy (non-hydrogen) atoms. The number of hydrogen-bond donors (Lipinski definition) is 3. The number of hydrogen-bond acceptors (Lipinski definition) is 2. The van der Waals surface area contributed by atoms with E-state index in [2.05, 4.69) is 24.1 Å². The van der Waals surface area contributed by atoms with E-state index in [-0.39, 0.29) is 5.91 Å². The lowest BCUT2D eigenvalue weighted by Gasteiger charge is -2.17. The lowest BCUT2D eigenvalue weighted by atomic mass is 9.92. The lowest BCUT2D eigenvalue weighted by molar-refractivity contribution is 0.0931. The molecule has 1 atom stereocenters. The van der Waals surface area contributed by atoms with Crippen LogP contribution in [0.1, 0.15) is 43.6 Å². The van der Waals surface area contributed by atoms with E-state index in [1.807, 2.05) is 0 Å². The predicted molar refractivity (Wildman–Crippen MR) is 64.1 cm³/mol. The number of aromatic nitrogens is 1. The highest BCUT2D eigenvalue weighted by atomic mass is 16.1. The van der Waals surface area contributed by atoms with Gasteiger partial charge >= 0.3 is 0 Å². The summed E-state index contributed by atoms with van der Waals surface area (Å²) in [6.45, 7) is 4.48. The summed E-state index contributed by atoms with van der Waals surface area (Å²) in [6, 6.07) is 1.96. The molecule has 0 aliphatic heterocycles. The second-order valence-electron chi connectivity index (χ2n) is 5.42. The van der Waals surface area contributed by atoms with Gasteiger partial charge in [0.2, 0.25) is 0 Å². The van der Waals surface area contributed by atoms with Crippen molar-refractivity contribution >= 4 is 11.6 Å². The third kappa shape index (κ3) is 2.38. The Bertz CT molecular complexity index is 395. The molecule has 4 N–H and O–H groups in total. The van der Waals surface area contributed by atoms with E-state index in [1.54, 1.807) is 12.3 Å². The van der Waals surface area contributed by atoms with Gasteiger partial charge in [0.25, 0.3) is 5.91 Å². The molecule has 1 amide bonds. The maximum Gasteiger partial charge on any atom is 0.267 e. The SMILES string of the molecule is CC1(C)CCC(NC(=O)c2cc(N)c[nH]2)C1. The van der Waals surface area contributed by atoms with Crippen molar-refractivity contribution in [1.29, 1.82) is 0 Å². The third-order valence-corrected chi connectivity index (χ3v) is 3.25. The lowest BCUT2D eigenvalue weighted by Crippen LogP contribution is -2.33. The number of rotatable bonds is 2. The van der Waals surface area contributed by atoms with Crippen molar-refractivity contribution in [3.05, 3.63) is 18.0 Å². The summed E-state index contributed by atoms with van der Waals surface area (Å²) in [4.78, 5) is 14.7. The zero-order valence-electron chi connectivity index (χ0n) is 9.84. The van der Waals surface area contributed by atoms with Gasteiger partial charge in [-0.25, -0.2) is 0 Å². The minimum atomic E-state index is -0.0561. The molecule has 4 nitrogen and oxygen atoms in total. The number of aromatic amines is 1. The second-order valence-corrected chi connectivity index (χ2v) is 5.42. The quantitative estimate of drug-likeness (QED) is 0.713. The van der Waals surface area contributed by atoms with E-state index in [0.717, 1.165) is 12.8 Å². The van der Waals surface area contributed by atoms with Crippen molar-refractivity contribution in [3.63, 3.8) is 0 Å². The highest BCUT2D eigenvalue weighted by Gasteiger charge is 2.31. The highest BCUT2D eigenvalue weighted by Crippen LogP contribution is 2.36. The van der Waals surface area contributed by atoms with Gasteiger partial charge in [-0.1, -0.05) is 13.8 Å². The van der Waals surface area contributed by atoms with Gasteiger partial charge in [-0.05, 0) is 30.7 Å². The van der Waals surface area contributed by atoms with Crippen LogP contribution >= 0.6 is 0 Å². The molecule has 1 saturated carbocycles. The predicted octanol–water partition coefficient (Wildman–Crippen LogP) is 1.91. The standard InChI is InChI=1S/C12H19N3O/c1-12(2)4-3-9(6-12)15-11(16)10-5-8(13)7-14-10/h5,7,9,14H,3-4,6,13H2,1-2H3,(H,15,16). The zero-order valence-corrected chi connectivity index (χ0v) is 9.84. The fourth-order valence-electron chi connectivity index (χ4n) is 2.36. The van der Waals surface area contributed by atoms with Crippen molar-refractivity contribution in [3.8, 4) is 0 Å². The number of anilines is 1. The molecular weight excluding hydrogens is 202 g/mol. The highest BCUT2D eigenvalue weighted by molar-refractivity contribution is 5.93. The summed E-state index contributed by atoms with van der Waals surface area (Å²) in [5.41, 5.74) is 7.05. The van der Waals surface area contributed by atoms with Crippen LogP contribution in [-0.4, -0.2) is 16.9 Å². The minimum absolute atomic E-state index is 0.0561. The van der Waals surface area contributed by atoms with Crippen LogP contribution in [0.3, 0.4) is 0 Å². The first-order chi connectivity index (χ1) is 7.46. The molecule has 0 saturated heterocycles. The number of carbonyl (C=O) groups excluding carboxylic acids is 1. The zero-order chi connectivity index (χ0) is 11.8. The Morgan fingerprint density at radius 1 is 1.62 bits per heavy atom. The molecule has 2 rings (SSSR count). The fourth-order valence-corrected chi connectivity index (χ4v) is 2.36. The molecule has 1 heterocycles. The first-order valence-electron chi connectivity index (χ1n) is 5.71. The van der Waals surface area contributed by atoms with Crippen LogP contribution in [0.5, 0.6) is 0 Å². The molecule has 0 radical (unpaired) electrons. The molecule has 0 aromatic carbocycles. The van der Waals surface area contributed by atoms with Crippen LogP contribution in [0.4, 0.5) is 5.69 Å². The molecule has 4 heteroatoms. The van der Waals surface area contributed by atoms with Gasteiger partial charge in [-0.15, -0.1) is 0 Å². The van der Waals surface area contributed by atoms with E-state index < -0.39 is 0 Å². The van der Waals surface area contributed by atoms with Crippen LogP contribution < -0.4 is 11.1 Å². The maximum absolute atomic E-state index is 11.8. The van der Waals surface area contributed by atoms with E-state index in [0.29, 0.717) is 22.8 Å². The van der Waals surface area contributed by atoms with Gasteiger partial charge in [0, 0.05) is 17.9 Å². The molecule has 1 aromatic heterocycles. The van der Waals surface area contributed by atoms with E-state index in [4.69, 9.17) is 5.73 Å². The summed E-state index contributed by atoms with van der Waals surface area (Å²) in [7, 11) is 0. The molecule has 1 aliphatic carbocycles. The number of carbonyl (C=O) groups is 1. The van der Waals surface area contributed by atoms with E-state index in [9.17, 15) is 4.79 Å². The molecule has 1 aromatic rings. The summed E-state index contributed by atoms with van der Waals surface area (Å²) in [5, 5.41) is 3.04.